The number of hydrogen-bond donors (Lipinski definition) is 2. The molecule has 2 N–H and O–H groups in total. The van der Waals surface area contributed by atoms with E-state index in [1.807, 2.05) is 0 Å². The Labute approximate surface area is 148 Å². The molecule has 126 valence electrons. The highest BCUT2D eigenvalue weighted by Crippen LogP contribution is 2.16. The Hall–Kier alpha value is -0.0400. The molecular weight excluding hydrogens is 375 g/mol. The Bertz CT molecular complexity index is 281. The van der Waals surface area contributed by atoms with E-state index in [1.54, 1.807) is 0 Å². The van der Waals surface area contributed by atoms with Crippen molar-refractivity contribution in [2.45, 2.75) is 59.4 Å². The summed E-state index contributed by atoms with van der Waals surface area (Å²) < 4.78 is 0. The number of guanidine groups is 1. The first-order valence-electron chi connectivity index (χ1n) is 8.43. The van der Waals surface area contributed by atoms with Crippen molar-refractivity contribution in [2.75, 3.05) is 32.7 Å². The first-order valence-corrected chi connectivity index (χ1v) is 8.43. The lowest BCUT2D eigenvalue weighted by Crippen LogP contribution is -2.39. The maximum absolute atomic E-state index is 4.76. The van der Waals surface area contributed by atoms with Gasteiger partial charge in [0.1, 0.15) is 0 Å². The first-order chi connectivity index (χ1) is 9.67. The minimum absolute atomic E-state index is 0. The molecule has 1 aliphatic heterocycles. The van der Waals surface area contributed by atoms with E-state index in [0.717, 1.165) is 38.1 Å². The van der Waals surface area contributed by atoms with Gasteiger partial charge < -0.3 is 10.6 Å². The Morgan fingerprint density at radius 2 is 2.05 bits per heavy atom. The van der Waals surface area contributed by atoms with Gasteiger partial charge >= 0.3 is 0 Å². The van der Waals surface area contributed by atoms with Crippen molar-refractivity contribution in [1.29, 1.82) is 0 Å². The summed E-state index contributed by atoms with van der Waals surface area (Å²) in [5.74, 6) is 1.77. The molecule has 0 spiro atoms. The van der Waals surface area contributed by atoms with Gasteiger partial charge in [0.15, 0.2) is 5.96 Å². The van der Waals surface area contributed by atoms with Gasteiger partial charge in [-0.15, -0.1) is 24.0 Å². The number of nitrogens with zero attached hydrogens (tertiary/aromatic N) is 2. The zero-order valence-electron chi connectivity index (χ0n) is 14.3. The van der Waals surface area contributed by atoms with E-state index in [4.69, 9.17) is 4.99 Å². The van der Waals surface area contributed by atoms with Gasteiger partial charge in [-0.05, 0) is 51.6 Å². The number of hydrogen-bond acceptors (Lipinski definition) is 2. The predicted molar refractivity (Wildman–Crippen MR) is 104 cm³/mol. The molecule has 5 heteroatoms. The maximum atomic E-state index is 4.76. The average Bonchev–Trinajstić information content (AvgIpc) is 2.87. The summed E-state index contributed by atoms with van der Waals surface area (Å²) in [6.07, 6.45) is 5.11. The van der Waals surface area contributed by atoms with Gasteiger partial charge in [-0.1, -0.05) is 20.8 Å². The van der Waals surface area contributed by atoms with Gasteiger partial charge in [-0.2, -0.15) is 0 Å². The molecule has 0 aromatic heterocycles. The molecule has 1 unspecified atom stereocenters. The molecule has 1 heterocycles. The zero-order valence-corrected chi connectivity index (χ0v) is 16.7. The molecular formula is C16H35IN4. The highest BCUT2D eigenvalue weighted by Gasteiger charge is 2.22. The van der Waals surface area contributed by atoms with E-state index in [2.05, 4.69) is 43.2 Å². The topological polar surface area (TPSA) is 39.7 Å². The van der Waals surface area contributed by atoms with Gasteiger partial charge in [-0.25, -0.2) is 0 Å². The molecule has 0 amide bonds. The largest absolute Gasteiger partial charge is 0.357 e. The SMILES string of the molecule is CCNC(=NCC1CCCN1CC)NCCCC(C)C.I. The number of halogens is 1. The van der Waals surface area contributed by atoms with Gasteiger partial charge in [0.25, 0.3) is 0 Å². The maximum Gasteiger partial charge on any atom is 0.191 e. The molecule has 21 heavy (non-hydrogen) atoms. The minimum Gasteiger partial charge on any atom is -0.357 e. The monoisotopic (exact) mass is 410 g/mol. The van der Waals surface area contributed by atoms with Crippen molar-refractivity contribution in [2.24, 2.45) is 10.9 Å². The van der Waals surface area contributed by atoms with Gasteiger partial charge in [-0.3, -0.25) is 9.89 Å². The molecule has 1 fully saturated rings. The summed E-state index contributed by atoms with van der Waals surface area (Å²) in [6, 6.07) is 0.645. The first kappa shape index (κ1) is 21.0. The number of aliphatic imine (C=N–C) groups is 1. The average molecular weight is 410 g/mol. The van der Waals surface area contributed by atoms with Crippen molar-refractivity contribution in [1.82, 2.24) is 15.5 Å². The van der Waals surface area contributed by atoms with Crippen LogP contribution in [0.5, 0.6) is 0 Å². The van der Waals surface area contributed by atoms with E-state index < -0.39 is 0 Å². The summed E-state index contributed by atoms with van der Waals surface area (Å²) in [7, 11) is 0. The van der Waals surface area contributed by atoms with Gasteiger partial charge in [0, 0.05) is 19.1 Å². The predicted octanol–water partition coefficient (Wildman–Crippen LogP) is 3.08. The quantitative estimate of drug-likeness (QED) is 0.280. The summed E-state index contributed by atoms with van der Waals surface area (Å²) in [5, 5.41) is 6.80. The third-order valence-electron chi connectivity index (χ3n) is 3.96. The highest BCUT2D eigenvalue weighted by atomic mass is 127. The fourth-order valence-corrected chi connectivity index (χ4v) is 2.77. The normalized spacial score (nSPS) is 19.7. The third-order valence-corrected chi connectivity index (χ3v) is 3.96. The molecule has 4 nitrogen and oxygen atoms in total. The lowest BCUT2D eigenvalue weighted by Gasteiger charge is -2.21. The third kappa shape index (κ3) is 8.86. The Kier molecular flexibility index (Phi) is 12.5. The lowest BCUT2D eigenvalue weighted by atomic mass is 10.1. The molecule has 0 saturated carbocycles. The summed E-state index contributed by atoms with van der Waals surface area (Å²) in [6.45, 7) is 14.2. The number of nitrogens with one attached hydrogen (secondary N) is 2. The van der Waals surface area contributed by atoms with Crippen molar-refractivity contribution >= 4 is 29.9 Å². The van der Waals surface area contributed by atoms with Crippen molar-refractivity contribution in [3.8, 4) is 0 Å². The molecule has 0 radical (unpaired) electrons. The van der Waals surface area contributed by atoms with E-state index in [9.17, 15) is 0 Å². The van der Waals surface area contributed by atoms with Crippen LogP contribution in [0.3, 0.4) is 0 Å². The van der Waals surface area contributed by atoms with Crippen LogP contribution in [0.25, 0.3) is 0 Å². The number of likely N-dealkylation sites (N-methyl/N-ethyl adjacent to an activating group) is 1. The smallest absolute Gasteiger partial charge is 0.191 e. The summed E-state index contributed by atoms with van der Waals surface area (Å²) in [5.41, 5.74) is 0. The van der Waals surface area contributed by atoms with E-state index in [1.165, 1.54) is 32.2 Å². The van der Waals surface area contributed by atoms with Crippen molar-refractivity contribution in [3.05, 3.63) is 0 Å². The van der Waals surface area contributed by atoms with Crippen LogP contribution in [-0.4, -0.2) is 49.6 Å². The summed E-state index contributed by atoms with van der Waals surface area (Å²) in [4.78, 5) is 7.31. The van der Waals surface area contributed by atoms with Crippen molar-refractivity contribution < 1.29 is 0 Å². The minimum atomic E-state index is 0. The van der Waals surface area contributed by atoms with Crippen LogP contribution in [0.15, 0.2) is 4.99 Å². The second-order valence-corrected chi connectivity index (χ2v) is 6.11. The summed E-state index contributed by atoms with van der Waals surface area (Å²) >= 11 is 0. The Morgan fingerprint density at radius 1 is 1.29 bits per heavy atom. The zero-order chi connectivity index (χ0) is 14.8. The second-order valence-electron chi connectivity index (χ2n) is 6.11. The molecule has 0 aliphatic carbocycles. The lowest BCUT2D eigenvalue weighted by molar-refractivity contribution is 0.273. The molecule has 1 aliphatic rings. The van der Waals surface area contributed by atoms with Crippen LogP contribution >= 0.6 is 24.0 Å². The van der Waals surface area contributed by atoms with Crippen LogP contribution in [0.2, 0.25) is 0 Å². The Morgan fingerprint density at radius 3 is 2.67 bits per heavy atom. The molecule has 0 aromatic carbocycles. The Balaban J connectivity index is 0.00000400. The standard InChI is InChI=1S/C16H34N4.HI/c1-5-17-16(18-11-7-9-14(3)4)19-13-15-10-8-12-20(15)6-2;/h14-15H,5-13H2,1-4H3,(H2,17,18,19);1H. The van der Waals surface area contributed by atoms with Crippen LogP contribution in [0, 0.1) is 5.92 Å². The van der Waals surface area contributed by atoms with Crippen LogP contribution in [-0.2, 0) is 0 Å². The number of rotatable bonds is 8. The van der Waals surface area contributed by atoms with Crippen LogP contribution in [0.4, 0.5) is 0 Å². The number of likely N-dealkylation sites (tertiary alicyclic amines) is 1. The fraction of sp³-hybridized carbons (Fsp3) is 0.938. The highest BCUT2D eigenvalue weighted by molar-refractivity contribution is 14.0. The van der Waals surface area contributed by atoms with E-state index >= 15 is 0 Å². The molecule has 0 aromatic rings. The van der Waals surface area contributed by atoms with Gasteiger partial charge in [0.05, 0.1) is 6.54 Å². The second kappa shape index (κ2) is 12.5. The fourth-order valence-electron chi connectivity index (χ4n) is 2.77. The molecule has 1 atom stereocenters. The van der Waals surface area contributed by atoms with E-state index in [-0.39, 0.29) is 24.0 Å². The molecule has 1 saturated heterocycles. The van der Waals surface area contributed by atoms with Crippen LogP contribution in [0.1, 0.15) is 53.4 Å². The molecule has 0 bridgehead atoms. The van der Waals surface area contributed by atoms with Gasteiger partial charge in [0.2, 0.25) is 0 Å². The van der Waals surface area contributed by atoms with Crippen LogP contribution < -0.4 is 10.6 Å². The van der Waals surface area contributed by atoms with Crippen molar-refractivity contribution in [3.63, 3.8) is 0 Å². The molecule has 1 rings (SSSR count). The van der Waals surface area contributed by atoms with E-state index in [0.29, 0.717) is 6.04 Å².